The van der Waals surface area contributed by atoms with Crippen LogP contribution in [0.1, 0.15) is 32.6 Å². The van der Waals surface area contributed by atoms with Crippen molar-refractivity contribution < 1.29 is 21.6 Å². The molecule has 0 radical (unpaired) electrons. The van der Waals surface area contributed by atoms with Crippen LogP contribution in [-0.4, -0.2) is 22.0 Å². The van der Waals surface area contributed by atoms with Gasteiger partial charge in [-0.3, -0.25) is 14.2 Å². The Morgan fingerprint density at radius 3 is 1.78 bits per heavy atom. The molecule has 0 saturated carbocycles. The summed E-state index contributed by atoms with van der Waals surface area (Å²) in [5, 5.41) is 0.276. The summed E-state index contributed by atoms with van der Waals surface area (Å²) in [5.41, 5.74) is 4.21. The standard InChI is InChI=1S/C27H24N2O5S3/c1-15-8-10-17(3)21(12-15)28-36(31,32)23-14-24(26-25-19(23)6-5-7-20(25)27(30)35-26)37(33,34)29-22-13-16(2)9-11-18(22)4/h5-14,28-29H,1-4H3. The summed E-state index contributed by atoms with van der Waals surface area (Å²) >= 11 is 0.795. The van der Waals surface area contributed by atoms with Crippen molar-refractivity contribution in [2.24, 2.45) is 0 Å². The fourth-order valence-electron chi connectivity index (χ4n) is 4.32. The Kier molecular flexibility index (Phi) is 6.09. The van der Waals surface area contributed by atoms with Crippen LogP contribution in [0.3, 0.4) is 0 Å². The van der Waals surface area contributed by atoms with Crippen LogP contribution in [0.2, 0.25) is 0 Å². The Labute approximate surface area is 220 Å². The molecule has 0 amide bonds. The van der Waals surface area contributed by atoms with Crippen LogP contribution in [0, 0.1) is 27.7 Å². The van der Waals surface area contributed by atoms with Gasteiger partial charge in [0.25, 0.3) is 20.0 Å². The molecule has 0 aromatic heterocycles. The molecule has 1 heterocycles. The molecule has 1 aliphatic heterocycles. The van der Waals surface area contributed by atoms with E-state index in [1.54, 1.807) is 56.3 Å². The summed E-state index contributed by atoms with van der Waals surface area (Å²) in [7, 11) is -8.50. The number of carbonyl (C=O) groups excluding carboxylic acids is 1. The highest BCUT2D eigenvalue weighted by molar-refractivity contribution is 8.15. The van der Waals surface area contributed by atoms with Crippen LogP contribution < -0.4 is 9.44 Å². The van der Waals surface area contributed by atoms with Gasteiger partial charge in [-0.15, -0.1) is 0 Å². The lowest BCUT2D eigenvalue weighted by atomic mass is 10.1. The lowest BCUT2D eigenvalue weighted by molar-refractivity contribution is 0.109. The SMILES string of the molecule is Cc1ccc(C)c(NS(=O)(=O)c2cc(S(=O)(=O)Nc3cc(C)ccc3C)c3cccc4c3c2SC4=O)c1. The third-order valence-electron chi connectivity index (χ3n) is 6.31. The molecule has 0 saturated heterocycles. The molecule has 0 atom stereocenters. The fraction of sp³-hybridized carbons (Fsp3) is 0.148. The van der Waals surface area contributed by atoms with Gasteiger partial charge in [0.15, 0.2) is 0 Å². The summed E-state index contributed by atoms with van der Waals surface area (Å²) in [6.45, 7) is 7.25. The minimum Gasteiger partial charge on any atom is -0.281 e. The molecule has 0 fully saturated rings. The first kappa shape index (κ1) is 25.3. The number of aryl methyl sites for hydroxylation is 4. The Balaban J connectivity index is 1.74. The average Bonchev–Trinajstić information content (AvgIpc) is 3.16. The van der Waals surface area contributed by atoms with Crippen LogP contribution >= 0.6 is 11.8 Å². The van der Waals surface area contributed by atoms with Gasteiger partial charge in [-0.25, -0.2) is 16.8 Å². The molecule has 7 nitrogen and oxygen atoms in total. The number of thioether (sulfide) groups is 1. The Hall–Kier alpha value is -3.34. The zero-order valence-corrected chi connectivity index (χ0v) is 23.0. The maximum atomic E-state index is 13.7. The van der Waals surface area contributed by atoms with Crippen molar-refractivity contribution in [3.63, 3.8) is 0 Å². The van der Waals surface area contributed by atoms with Crippen molar-refractivity contribution in [1.29, 1.82) is 0 Å². The number of nitrogens with one attached hydrogen (secondary N) is 2. The van der Waals surface area contributed by atoms with Gasteiger partial charge in [-0.05, 0) is 86.0 Å². The number of hydrogen-bond donors (Lipinski definition) is 2. The van der Waals surface area contributed by atoms with Crippen molar-refractivity contribution in [2.75, 3.05) is 9.44 Å². The Morgan fingerprint density at radius 1 is 0.676 bits per heavy atom. The van der Waals surface area contributed by atoms with Gasteiger partial charge in [0, 0.05) is 21.2 Å². The molecular formula is C27H24N2O5S3. The highest BCUT2D eigenvalue weighted by Crippen LogP contribution is 2.47. The maximum Gasteiger partial charge on any atom is 0.263 e. The van der Waals surface area contributed by atoms with E-state index < -0.39 is 20.0 Å². The molecule has 0 aliphatic carbocycles. The Morgan fingerprint density at radius 2 is 1.22 bits per heavy atom. The average molecular weight is 553 g/mol. The van der Waals surface area contributed by atoms with Gasteiger partial charge < -0.3 is 0 Å². The van der Waals surface area contributed by atoms with E-state index in [9.17, 15) is 21.6 Å². The summed E-state index contributed by atoms with van der Waals surface area (Å²) in [5.74, 6) is 0. The number of hydrogen-bond acceptors (Lipinski definition) is 6. The lowest BCUT2D eigenvalue weighted by Gasteiger charge is -2.17. The Bertz CT molecular complexity index is 1850. The van der Waals surface area contributed by atoms with E-state index in [0.717, 1.165) is 34.5 Å². The second-order valence-corrected chi connectivity index (χ2v) is 13.5. The third-order valence-corrected chi connectivity index (χ3v) is 10.3. The van der Waals surface area contributed by atoms with Crippen molar-refractivity contribution in [3.05, 3.63) is 88.5 Å². The molecule has 2 N–H and O–H groups in total. The van der Waals surface area contributed by atoms with Crippen molar-refractivity contribution in [1.82, 2.24) is 0 Å². The summed E-state index contributed by atoms with van der Waals surface area (Å²) in [4.78, 5) is 12.5. The van der Waals surface area contributed by atoms with Crippen LogP contribution in [0.4, 0.5) is 11.4 Å². The van der Waals surface area contributed by atoms with E-state index in [2.05, 4.69) is 9.44 Å². The van der Waals surface area contributed by atoms with E-state index in [1.807, 2.05) is 26.0 Å². The summed E-state index contributed by atoms with van der Waals surface area (Å²) < 4.78 is 60.1. The number of carbonyl (C=O) groups is 1. The number of anilines is 2. The van der Waals surface area contributed by atoms with Crippen LogP contribution in [0.15, 0.2) is 75.4 Å². The molecule has 0 bridgehead atoms. The van der Waals surface area contributed by atoms with Gasteiger partial charge in [0.2, 0.25) is 5.12 Å². The summed E-state index contributed by atoms with van der Waals surface area (Å²) in [6.07, 6.45) is 0. The molecule has 0 unspecified atom stereocenters. The van der Waals surface area contributed by atoms with E-state index in [0.29, 0.717) is 22.3 Å². The van der Waals surface area contributed by atoms with Crippen LogP contribution in [0.5, 0.6) is 0 Å². The second-order valence-electron chi connectivity index (χ2n) is 9.17. The van der Waals surface area contributed by atoms with E-state index in [1.165, 1.54) is 0 Å². The van der Waals surface area contributed by atoms with E-state index in [-0.39, 0.29) is 30.8 Å². The molecule has 0 spiro atoms. The minimum atomic E-state index is -4.26. The largest absolute Gasteiger partial charge is 0.281 e. The van der Waals surface area contributed by atoms with E-state index >= 15 is 0 Å². The molecule has 10 heteroatoms. The van der Waals surface area contributed by atoms with Gasteiger partial charge in [0.05, 0.1) is 16.3 Å². The highest BCUT2D eigenvalue weighted by Gasteiger charge is 2.34. The first-order chi connectivity index (χ1) is 17.4. The van der Waals surface area contributed by atoms with E-state index in [4.69, 9.17) is 0 Å². The van der Waals surface area contributed by atoms with Gasteiger partial charge in [-0.1, -0.05) is 36.4 Å². The van der Waals surface area contributed by atoms with Crippen molar-refractivity contribution in [3.8, 4) is 0 Å². The molecule has 1 aliphatic rings. The quantitative estimate of drug-likeness (QED) is 0.307. The first-order valence-electron chi connectivity index (χ1n) is 11.4. The predicted molar refractivity (Wildman–Crippen MR) is 148 cm³/mol. The lowest BCUT2D eigenvalue weighted by Crippen LogP contribution is -2.18. The molecule has 190 valence electrons. The van der Waals surface area contributed by atoms with Crippen LogP contribution in [-0.2, 0) is 20.0 Å². The van der Waals surface area contributed by atoms with Gasteiger partial charge in [-0.2, -0.15) is 0 Å². The molecule has 37 heavy (non-hydrogen) atoms. The minimum absolute atomic E-state index is 0.217. The fourth-order valence-corrected chi connectivity index (χ4v) is 8.39. The molecular weight excluding hydrogens is 529 g/mol. The monoisotopic (exact) mass is 552 g/mol. The normalized spacial score (nSPS) is 13.2. The predicted octanol–water partition coefficient (Wildman–Crippen LogP) is 5.92. The van der Waals surface area contributed by atoms with Crippen molar-refractivity contribution in [2.45, 2.75) is 42.4 Å². The van der Waals surface area contributed by atoms with Gasteiger partial charge >= 0.3 is 0 Å². The number of benzene rings is 4. The zero-order chi connectivity index (χ0) is 26.7. The molecule has 4 aromatic rings. The maximum absolute atomic E-state index is 13.7. The highest BCUT2D eigenvalue weighted by atomic mass is 32.2. The molecule has 4 aromatic carbocycles. The van der Waals surface area contributed by atoms with Crippen molar-refractivity contribution >= 4 is 59.1 Å². The third kappa shape index (κ3) is 4.49. The van der Waals surface area contributed by atoms with Gasteiger partial charge in [0.1, 0.15) is 4.90 Å². The number of rotatable bonds is 6. The number of sulfonamides is 2. The first-order valence-corrected chi connectivity index (χ1v) is 15.2. The smallest absolute Gasteiger partial charge is 0.263 e. The van der Waals surface area contributed by atoms with Crippen LogP contribution in [0.25, 0.3) is 10.8 Å². The summed E-state index contributed by atoms with van der Waals surface area (Å²) in [6, 6.07) is 16.7. The second kappa shape index (κ2) is 8.90. The topological polar surface area (TPSA) is 109 Å². The zero-order valence-electron chi connectivity index (χ0n) is 20.5. The molecule has 5 rings (SSSR count).